The van der Waals surface area contributed by atoms with Crippen molar-refractivity contribution in [3.63, 3.8) is 0 Å². The number of ether oxygens (including phenoxy) is 1. The molecule has 0 aromatic heterocycles. The summed E-state index contributed by atoms with van der Waals surface area (Å²) in [6.45, 7) is 1.75. The van der Waals surface area contributed by atoms with Crippen molar-refractivity contribution >= 4 is 5.91 Å². The van der Waals surface area contributed by atoms with Gasteiger partial charge in [0.1, 0.15) is 0 Å². The Balaban J connectivity index is 2.13. The first-order valence-corrected chi connectivity index (χ1v) is 8.06. The van der Waals surface area contributed by atoms with Crippen LogP contribution in [-0.4, -0.2) is 30.8 Å². The predicted octanol–water partition coefficient (Wildman–Crippen LogP) is 3.49. The first-order valence-electron chi connectivity index (χ1n) is 8.06. The molecule has 2 aromatic carbocycles. The molecular formula is C19H20F3NO3. The van der Waals surface area contributed by atoms with Crippen molar-refractivity contribution in [2.24, 2.45) is 0 Å². The van der Waals surface area contributed by atoms with Crippen LogP contribution < -0.4 is 5.32 Å². The highest BCUT2D eigenvalue weighted by Gasteiger charge is 2.34. The van der Waals surface area contributed by atoms with E-state index in [-0.39, 0.29) is 19.8 Å². The second-order valence-electron chi connectivity index (χ2n) is 5.75. The molecule has 0 saturated heterocycles. The lowest BCUT2D eigenvalue weighted by atomic mass is 10.1. The van der Waals surface area contributed by atoms with Gasteiger partial charge in [0.05, 0.1) is 30.4 Å². The fourth-order valence-electron chi connectivity index (χ4n) is 2.46. The number of amides is 1. The zero-order chi connectivity index (χ0) is 19.2. The Labute approximate surface area is 149 Å². The molecule has 1 atom stereocenters. The summed E-state index contributed by atoms with van der Waals surface area (Å²) in [4.78, 5) is 12.3. The normalized spacial score (nSPS) is 12.7. The van der Waals surface area contributed by atoms with E-state index in [9.17, 15) is 18.0 Å². The Morgan fingerprint density at radius 3 is 2.42 bits per heavy atom. The van der Waals surface area contributed by atoms with Gasteiger partial charge in [-0.15, -0.1) is 0 Å². The van der Waals surface area contributed by atoms with Gasteiger partial charge in [-0.25, -0.2) is 0 Å². The molecule has 0 heterocycles. The molecule has 4 nitrogen and oxygen atoms in total. The van der Waals surface area contributed by atoms with Crippen molar-refractivity contribution in [2.45, 2.75) is 19.2 Å². The molecule has 2 rings (SSSR count). The van der Waals surface area contributed by atoms with Gasteiger partial charge in [0.2, 0.25) is 0 Å². The molecule has 2 aromatic rings. The topological polar surface area (TPSA) is 58.6 Å². The molecule has 1 amide bonds. The van der Waals surface area contributed by atoms with E-state index in [1.54, 1.807) is 0 Å². The molecule has 2 N–H and O–H groups in total. The molecule has 0 radical (unpaired) electrons. The van der Waals surface area contributed by atoms with Crippen LogP contribution in [0.1, 0.15) is 33.2 Å². The van der Waals surface area contributed by atoms with Crippen LogP contribution in [0.3, 0.4) is 0 Å². The number of aliphatic hydroxyl groups is 1. The first-order chi connectivity index (χ1) is 12.3. The van der Waals surface area contributed by atoms with Gasteiger partial charge in [-0.1, -0.05) is 42.0 Å². The van der Waals surface area contributed by atoms with Gasteiger partial charge in [0.15, 0.2) is 0 Å². The fourth-order valence-corrected chi connectivity index (χ4v) is 2.46. The predicted molar refractivity (Wildman–Crippen MR) is 90.7 cm³/mol. The molecule has 1 unspecified atom stereocenters. The number of aliphatic hydroxyl groups excluding tert-OH is 1. The van der Waals surface area contributed by atoms with Crippen molar-refractivity contribution in [3.8, 4) is 0 Å². The Kier molecular flexibility index (Phi) is 6.76. The summed E-state index contributed by atoms with van der Waals surface area (Å²) >= 11 is 0. The van der Waals surface area contributed by atoms with Gasteiger partial charge in [-0.2, -0.15) is 13.2 Å². The monoisotopic (exact) mass is 367 g/mol. The Hall–Kier alpha value is -2.38. The van der Waals surface area contributed by atoms with Gasteiger partial charge in [-0.3, -0.25) is 4.79 Å². The number of carbonyl (C=O) groups excluding carboxylic acids is 1. The van der Waals surface area contributed by atoms with Gasteiger partial charge >= 0.3 is 6.18 Å². The lowest BCUT2D eigenvalue weighted by molar-refractivity contribution is -0.137. The zero-order valence-electron chi connectivity index (χ0n) is 14.2. The summed E-state index contributed by atoms with van der Waals surface area (Å²) in [5.41, 5.74) is 0.372. The molecule has 0 aliphatic carbocycles. The van der Waals surface area contributed by atoms with Crippen LogP contribution in [-0.2, 0) is 10.9 Å². The van der Waals surface area contributed by atoms with Crippen LogP contribution >= 0.6 is 0 Å². The van der Waals surface area contributed by atoms with Crippen LogP contribution in [0.5, 0.6) is 0 Å². The van der Waals surface area contributed by atoms with Crippen molar-refractivity contribution < 1.29 is 27.8 Å². The minimum atomic E-state index is -4.61. The number of aryl methyl sites for hydroxylation is 1. The molecule has 0 saturated carbocycles. The van der Waals surface area contributed by atoms with Crippen LogP contribution in [0.4, 0.5) is 13.2 Å². The van der Waals surface area contributed by atoms with Gasteiger partial charge in [-0.05, 0) is 24.6 Å². The van der Waals surface area contributed by atoms with Crippen molar-refractivity contribution in [3.05, 3.63) is 70.8 Å². The third kappa shape index (κ3) is 5.31. The van der Waals surface area contributed by atoms with Gasteiger partial charge in [0.25, 0.3) is 5.91 Å². The molecule has 26 heavy (non-hydrogen) atoms. The van der Waals surface area contributed by atoms with E-state index in [0.717, 1.165) is 23.3 Å². The summed E-state index contributed by atoms with van der Waals surface area (Å²) in [6, 6.07) is 12.0. The zero-order valence-corrected chi connectivity index (χ0v) is 14.2. The first kappa shape index (κ1) is 19.9. The van der Waals surface area contributed by atoms with E-state index in [2.05, 4.69) is 5.32 Å². The second-order valence-corrected chi connectivity index (χ2v) is 5.75. The summed E-state index contributed by atoms with van der Waals surface area (Å²) in [6.07, 6.45) is -5.19. The highest BCUT2D eigenvalue weighted by atomic mass is 19.4. The molecule has 140 valence electrons. The fraction of sp³-hybridized carbons (Fsp3) is 0.316. The summed E-state index contributed by atoms with van der Waals surface area (Å²) in [7, 11) is 0. The Bertz CT molecular complexity index is 730. The maximum Gasteiger partial charge on any atom is 0.417 e. The lowest BCUT2D eigenvalue weighted by Gasteiger charge is -2.19. The maximum atomic E-state index is 13.0. The number of benzene rings is 2. The average Bonchev–Trinajstić information content (AvgIpc) is 2.62. The molecular weight excluding hydrogens is 347 g/mol. The summed E-state index contributed by atoms with van der Waals surface area (Å²) < 4.78 is 44.6. The third-order valence-electron chi connectivity index (χ3n) is 3.78. The highest BCUT2D eigenvalue weighted by Crippen LogP contribution is 2.31. The largest absolute Gasteiger partial charge is 0.417 e. The average molecular weight is 367 g/mol. The highest BCUT2D eigenvalue weighted by molar-refractivity contribution is 5.95. The lowest BCUT2D eigenvalue weighted by Crippen LogP contribution is -2.31. The molecule has 0 spiro atoms. The summed E-state index contributed by atoms with van der Waals surface area (Å²) in [5, 5.41) is 11.4. The number of halogens is 3. The van der Waals surface area contributed by atoms with Crippen molar-refractivity contribution in [1.29, 1.82) is 0 Å². The Morgan fingerprint density at radius 1 is 1.15 bits per heavy atom. The van der Waals surface area contributed by atoms with E-state index in [1.807, 2.05) is 31.2 Å². The van der Waals surface area contributed by atoms with Crippen LogP contribution in [0.15, 0.2) is 48.5 Å². The number of hydrogen-bond donors (Lipinski definition) is 2. The van der Waals surface area contributed by atoms with Crippen molar-refractivity contribution in [2.75, 3.05) is 19.8 Å². The minimum absolute atomic E-state index is 0.0198. The van der Waals surface area contributed by atoms with Crippen LogP contribution in [0.25, 0.3) is 0 Å². The molecule has 0 aliphatic rings. The number of hydrogen-bond acceptors (Lipinski definition) is 3. The van der Waals surface area contributed by atoms with E-state index < -0.39 is 29.3 Å². The molecule has 7 heteroatoms. The maximum absolute atomic E-state index is 13.0. The van der Waals surface area contributed by atoms with E-state index in [0.29, 0.717) is 0 Å². The summed E-state index contributed by atoms with van der Waals surface area (Å²) in [5.74, 6) is -0.831. The standard InChI is InChI=1S/C19H20F3NO3/c1-13-6-8-14(9-7-13)17(26-11-10-24)12-23-18(25)15-4-2-3-5-16(15)19(20,21)22/h2-9,17,24H,10-12H2,1H3,(H,23,25). The molecule has 0 fully saturated rings. The second kappa shape index (κ2) is 8.82. The Morgan fingerprint density at radius 2 is 1.81 bits per heavy atom. The minimum Gasteiger partial charge on any atom is -0.394 e. The number of alkyl halides is 3. The van der Waals surface area contributed by atoms with Crippen LogP contribution in [0.2, 0.25) is 0 Å². The number of carbonyl (C=O) groups is 1. The quantitative estimate of drug-likeness (QED) is 0.788. The smallest absolute Gasteiger partial charge is 0.394 e. The van der Waals surface area contributed by atoms with E-state index >= 15 is 0 Å². The number of rotatable bonds is 7. The van der Waals surface area contributed by atoms with E-state index in [1.165, 1.54) is 12.1 Å². The van der Waals surface area contributed by atoms with Gasteiger partial charge < -0.3 is 15.2 Å². The third-order valence-corrected chi connectivity index (χ3v) is 3.78. The molecule has 0 bridgehead atoms. The molecule has 0 aliphatic heterocycles. The van der Waals surface area contributed by atoms with Crippen molar-refractivity contribution in [1.82, 2.24) is 5.32 Å². The number of nitrogens with one attached hydrogen (secondary N) is 1. The van der Waals surface area contributed by atoms with E-state index in [4.69, 9.17) is 9.84 Å². The SMILES string of the molecule is Cc1ccc(C(CNC(=O)c2ccccc2C(F)(F)F)OCCO)cc1. The van der Waals surface area contributed by atoms with Gasteiger partial charge in [0, 0.05) is 6.54 Å². The van der Waals surface area contributed by atoms with Crippen LogP contribution in [0, 0.1) is 6.92 Å².